The van der Waals surface area contributed by atoms with E-state index in [0.717, 1.165) is 11.1 Å². The van der Waals surface area contributed by atoms with E-state index >= 15 is 0 Å². The molecule has 2 aromatic rings. The smallest absolute Gasteiger partial charge is 0.241 e. The minimum Gasteiger partial charge on any atom is -0.493 e. The van der Waals surface area contributed by atoms with Crippen molar-refractivity contribution >= 4 is 10.0 Å². The fourth-order valence-corrected chi connectivity index (χ4v) is 3.56. The number of hydrogen-bond donors (Lipinski definition) is 1. The highest BCUT2D eigenvalue weighted by molar-refractivity contribution is 7.89. The van der Waals surface area contributed by atoms with Gasteiger partial charge in [0.1, 0.15) is 0 Å². The van der Waals surface area contributed by atoms with E-state index in [-0.39, 0.29) is 11.4 Å². The standard InChI is InChI=1S/C17H21NO4S/c1-12-7-5-6-8-14(12)11-18-23(19,20)17-10-16(22-4)15(21-3)9-13(17)2/h5-10,18H,11H2,1-4H3. The van der Waals surface area contributed by atoms with Gasteiger partial charge >= 0.3 is 0 Å². The van der Waals surface area contributed by atoms with Crippen LogP contribution in [0.4, 0.5) is 0 Å². The molecule has 0 radical (unpaired) electrons. The van der Waals surface area contributed by atoms with Crippen LogP contribution in [-0.4, -0.2) is 22.6 Å². The summed E-state index contributed by atoms with van der Waals surface area (Å²) >= 11 is 0. The summed E-state index contributed by atoms with van der Waals surface area (Å²) < 4.78 is 38.2. The summed E-state index contributed by atoms with van der Waals surface area (Å²) in [6.45, 7) is 3.92. The van der Waals surface area contributed by atoms with Crippen molar-refractivity contribution in [1.29, 1.82) is 0 Å². The van der Waals surface area contributed by atoms with Gasteiger partial charge in [0.2, 0.25) is 10.0 Å². The van der Waals surface area contributed by atoms with E-state index in [2.05, 4.69) is 4.72 Å². The number of ether oxygens (including phenoxy) is 2. The summed E-state index contributed by atoms with van der Waals surface area (Å²) in [4.78, 5) is 0.184. The average Bonchev–Trinajstić information content (AvgIpc) is 2.53. The van der Waals surface area contributed by atoms with Crippen molar-refractivity contribution in [3.63, 3.8) is 0 Å². The highest BCUT2D eigenvalue weighted by atomic mass is 32.2. The second kappa shape index (κ2) is 7.02. The number of rotatable bonds is 6. The summed E-state index contributed by atoms with van der Waals surface area (Å²) in [6.07, 6.45) is 0. The number of benzene rings is 2. The lowest BCUT2D eigenvalue weighted by molar-refractivity contribution is 0.353. The molecule has 0 aliphatic rings. The SMILES string of the molecule is COc1cc(C)c(S(=O)(=O)NCc2ccccc2C)cc1OC. The first-order chi connectivity index (χ1) is 10.9. The molecule has 124 valence electrons. The van der Waals surface area contributed by atoms with Crippen molar-refractivity contribution in [3.8, 4) is 11.5 Å². The summed E-state index contributed by atoms with van der Waals surface area (Å²) in [7, 11) is -0.657. The van der Waals surface area contributed by atoms with Crippen molar-refractivity contribution in [1.82, 2.24) is 4.72 Å². The van der Waals surface area contributed by atoms with E-state index in [1.807, 2.05) is 31.2 Å². The molecule has 0 saturated heterocycles. The minimum atomic E-state index is -3.65. The molecule has 0 spiro atoms. The average molecular weight is 335 g/mol. The Labute approximate surface area is 137 Å². The Balaban J connectivity index is 2.31. The van der Waals surface area contributed by atoms with Gasteiger partial charge in [-0.15, -0.1) is 0 Å². The minimum absolute atomic E-state index is 0.184. The largest absolute Gasteiger partial charge is 0.493 e. The third kappa shape index (κ3) is 3.83. The highest BCUT2D eigenvalue weighted by Gasteiger charge is 2.20. The number of sulfonamides is 1. The van der Waals surface area contributed by atoms with Crippen LogP contribution in [0.3, 0.4) is 0 Å². The van der Waals surface area contributed by atoms with Crippen LogP contribution in [0, 0.1) is 13.8 Å². The van der Waals surface area contributed by atoms with Crippen molar-refractivity contribution in [2.24, 2.45) is 0 Å². The number of aryl methyl sites for hydroxylation is 2. The van der Waals surface area contributed by atoms with Crippen LogP contribution in [0.15, 0.2) is 41.3 Å². The molecule has 0 aromatic heterocycles. The van der Waals surface area contributed by atoms with E-state index < -0.39 is 10.0 Å². The molecule has 0 aliphatic heterocycles. The second-order valence-corrected chi connectivity index (χ2v) is 6.96. The maximum absolute atomic E-state index is 12.6. The fraction of sp³-hybridized carbons (Fsp3) is 0.294. The van der Waals surface area contributed by atoms with E-state index in [1.54, 1.807) is 13.0 Å². The van der Waals surface area contributed by atoms with Crippen LogP contribution < -0.4 is 14.2 Å². The maximum atomic E-state index is 12.6. The van der Waals surface area contributed by atoms with Gasteiger partial charge in [-0.2, -0.15) is 0 Å². The zero-order valence-corrected chi connectivity index (χ0v) is 14.5. The first-order valence-corrected chi connectivity index (χ1v) is 8.64. The molecule has 0 bridgehead atoms. The quantitative estimate of drug-likeness (QED) is 0.882. The Morgan fingerprint density at radius 3 is 2.17 bits per heavy atom. The Morgan fingerprint density at radius 2 is 1.57 bits per heavy atom. The van der Waals surface area contributed by atoms with Gasteiger partial charge in [-0.05, 0) is 36.6 Å². The first-order valence-electron chi connectivity index (χ1n) is 7.16. The number of hydrogen-bond acceptors (Lipinski definition) is 4. The molecule has 5 nitrogen and oxygen atoms in total. The summed E-state index contributed by atoms with van der Waals surface area (Å²) in [5.74, 6) is 0.886. The molecule has 23 heavy (non-hydrogen) atoms. The Kier molecular flexibility index (Phi) is 5.28. The summed E-state index contributed by atoms with van der Waals surface area (Å²) in [5, 5.41) is 0. The molecule has 0 unspecified atom stereocenters. The third-order valence-electron chi connectivity index (χ3n) is 3.68. The molecule has 0 heterocycles. The third-order valence-corrected chi connectivity index (χ3v) is 5.23. The van der Waals surface area contributed by atoms with Gasteiger partial charge in [-0.1, -0.05) is 24.3 Å². The molecular formula is C17H21NO4S. The monoisotopic (exact) mass is 335 g/mol. The molecule has 1 N–H and O–H groups in total. The van der Waals surface area contributed by atoms with Crippen LogP contribution in [0.1, 0.15) is 16.7 Å². The van der Waals surface area contributed by atoms with Gasteiger partial charge in [0.05, 0.1) is 19.1 Å². The molecule has 0 aliphatic carbocycles. The summed E-state index contributed by atoms with van der Waals surface area (Å²) in [6, 6.07) is 10.8. The highest BCUT2D eigenvalue weighted by Crippen LogP contribution is 2.32. The topological polar surface area (TPSA) is 64.6 Å². The van der Waals surface area contributed by atoms with Crippen LogP contribution in [0.5, 0.6) is 11.5 Å². The second-order valence-electron chi connectivity index (χ2n) is 5.22. The lowest BCUT2D eigenvalue weighted by Crippen LogP contribution is -2.24. The van der Waals surface area contributed by atoms with Gasteiger partial charge in [-0.25, -0.2) is 13.1 Å². The predicted molar refractivity (Wildman–Crippen MR) is 89.5 cm³/mol. The van der Waals surface area contributed by atoms with Crippen LogP contribution in [-0.2, 0) is 16.6 Å². The van der Waals surface area contributed by atoms with E-state index in [0.29, 0.717) is 17.1 Å². The number of nitrogens with one attached hydrogen (secondary N) is 1. The molecule has 6 heteroatoms. The normalized spacial score (nSPS) is 11.3. The fourth-order valence-electron chi connectivity index (χ4n) is 2.31. The Morgan fingerprint density at radius 1 is 0.957 bits per heavy atom. The van der Waals surface area contributed by atoms with Gasteiger partial charge in [0.25, 0.3) is 0 Å². The van der Waals surface area contributed by atoms with Crippen molar-refractivity contribution in [3.05, 3.63) is 53.1 Å². The Hall–Kier alpha value is -2.05. The molecule has 0 atom stereocenters. The molecule has 2 aromatic carbocycles. The zero-order valence-electron chi connectivity index (χ0n) is 13.7. The molecule has 0 fully saturated rings. The van der Waals surface area contributed by atoms with E-state index in [4.69, 9.17) is 9.47 Å². The van der Waals surface area contributed by atoms with Gasteiger partial charge in [0, 0.05) is 12.6 Å². The molecule has 0 amide bonds. The van der Waals surface area contributed by atoms with Gasteiger partial charge in [0.15, 0.2) is 11.5 Å². The van der Waals surface area contributed by atoms with Gasteiger partial charge < -0.3 is 9.47 Å². The van der Waals surface area contributed by atoms with E-state index in [9.17, 15) is 8.42 Å². The van der Waals surface area contributed by atoms with Crippen molar-refractivity contribution in [2.45, 2.75) is 25.3 Å². The predicted octanol–water partition coefficient (Wildman–Crippen LogP) is 2.80. The molecule has 2 rings (SSSR count). The Bertz CT molecular complexity index is 800. The lowest BCUT2D eigenvalue weighted by atomic mass is 10.1. The maximum Gasteiger partial charge on any atom is 0.241 e. The van der Waals surface area contributed by atoms with Crippen LogP contribution >= 0.6 is 0 Å². The number of methoxy groups -OCH3 is 2. The van der Waals surface area contributed by atoms with E-state index in [1.165, 1.54) is 20.3 Å². The molecular weight excluding hydrogens is 314 g/mol. The lowest BCUT2D eigenvalue weighted by Gasteiger charge is -2.14. The van der Waals surface area contributed by atoms with Gasteiger partial charge in [-0.3, -0.25) is 0 Å². The first kappa shape index (κ1) is 17.3. The summed E-state index contributed by atoms with van der Waals surface area (Å²) in [5.41, 5.74) is 2.58. The molecule has 0 saturated carbocycles. The van der Waals surface area contributed by atoms with Crippen LogP contribution in [0.2, 0.25) is 0 Å². The zero-order chi connectivity index (χ0) is 17.0. The van der Waals surface area contributed by atoms with Crippen molar-refractivity contribution < 1.29 is 17.9 Å². The van der Waals surface area contributed by atoms with Crippen molar-refractivity contribution in [2.75, 3.05) is 14.2 Å². The van der Waals surface area contributed by atoms with Crippen LogP contribution in [0.25, 0.3) is 0 Å².